The number of fused-ring (bicyclic) bond motifs is 1. The lowest BCUT2D eigenvalue weighted by molar-refractivity contribution is 0.0939. The lowest BCUT2D eigenvalue weighted by Gasteiger charge is -2.17. The molecule has 4 rings (SSSR count). The van der Waals surface area contributed by atoms with Gasteiger partial charge in [0, 0.05) is 15.7 Å². The summed E-state index contributed by atoms with van der Waals surface area (Å²) in [6.07, 6.45) is 0. The van der Waals surface area contributed by atoms with Crippen molar-refractivity contribution < 1.29 is 9.59 Å². The summed E-state index contributed by atoms with van der Waals surface area (Å²) in [5.41, 5.74) is 2.63. The van der Waals surface area contributed by atoms with E-state index >= 15 is 0 Å². The lowest BCUT2D eigenvalue weighted by atomic mass is 9.99. The summed E-state index contributed by atoms with van der Waals surface area (Å²) in [6, 6.07) is 28.2. The van der Waals surface area contributed by atoms with Crippen molar-refractivity contribution >= 4 is 44.2 Å². The molecular formula is C26H21BrN2O2. The molecule has 0 aliphatic carbocycles. The number of hydrogen-bond donors (Lipinski definition) is 2. The summed E-state index contributed by atoms with van der Waals surface area (Å²) >= 11 is 3.39. The van der Waals surface area contributed by atoms with E-state index in [0.717, 1.165) is 16.3 Å². The smallest absolute Gasteiger partial charge is 0.256 e. The average Bonchev–Trinajstić information content (AvgIpc) is 2.79. The molecule has 0 radical (unpaired) electrons. The van der Waals surface area contributed by atoms with Gasteiger partial charge in [-0.15, -0.1) is 0 Å². The van der Waals surface area contributed by atoms with Crippen LogP contribution in [0.5, 0.6) is 0 Å². The predicted molar refractivity (Wildman–Crippen MR) is 128 cm³/mol. The first-order chi connectivity index (χ1) is 15.0. The summed E-state index contributed by atoms with van der Waals surface area (Å²) in [5, 5.41) is 8.18. The molecule has 31 heavy (non-hydrogen) atoms. The topological polar surface area (TPSA) is 58.2 Å². The molecule has 154 valence electrons. The Morgan fingerprint density at radius 3 is 2.35 bits per heavy atom. The molecule has 2 amide bonds. The lowest BCUT2D eigenvalue weighted by Crippen LogP contribution is -2.27. The minimum absolute atomic E-state index is 0.169. The fraction of sp³-hybridized carbons (Fsp3) is 0.0769. The molecule has 5 heteroatoms. The van der Waals surface area contributed by atoms with Gasteiger partial charge in [-0.25, -0.2) is 0 Å². The van der Waals surface area contributed by atoms with E-state index in [2.05, 4.69) is 44.8 Å². The number of carbonyl (C=O) groups excluding carboxylic acids is 2. The number of anilines is 1. The molecule has 0 fully saturated rings. The number of carbonyl (C=O) groups is 2. The second-order valence-corrected chi connectivity index (χ2v) is 8.13. The van der Waals surface area contributed by atoms with Gasteiger partial charge in [0.15, 0.2) is 0 Å². The van der Waals surface area contributed by atoms with Crippen molar-refractivity contribution in [3.8, 4) is 0 Å². The van der Waals surface area contributed by atoms with E-state index in [9.17, 15) is 9.59 Å². The first-order valence-electron chi connectivity index (χ1n) is 9.97. The highest BCUT2D eigenvalue weighted by atomic mass is 79.9. The van der Waals surface area contributed by atoms with Crippen molar-refractivity contribution in [3.63, 3.8) is 0 Å². The van der Waals surface area contributed by atoms with Crippen LogP contribution >= 0.6 is 15.9 Å². The molecule has 0 unspecified atom stereocenters. The van der Waals surface area contributed by atoms with Crippen LogP contribution in [0.2, 0.25) is 0 Å². The van der Waals surface area contributed by atoms with Gasteiger partial charge in [0.1, 0.15) is 0 Å². The maximum atomic E-state index is 12.9. The third-order valence-corrected chi connectivity index (χ3v) is 5.83. The SMILES string of the molecule is C[C@@H](NC(=O)c1cccc(NC(=O)c2ccccc2Br)c1)c1cccc2ccccc12. The van der Waals surface area contributed by atoms with Crippen LogP contribution in [0.1, 0.15) is 39.2 Å². The summed E-state index contributed by atoms with van der Waals surface area (Å²) < 4.78 is 0.713. The highest BCUT2D eigenvalue weighted by molar-refractivity contribution is 9.10. The van der Waals surface area contributed by atoms with Crippen LogP contribution in [0.15, 0.2) is 95.5 Å². The normalized spacial score (nSPS) is 11.7. The number of hydrogen-bond acceptors (Lipinski definition) is 2. The number of halogens is 1. The van der Waals surface area contributed by atoms with Crippen LogP contribution in [0.3, 0.4) is 0 Å². The molecule has 0 aromatic heterocycles. The molecule has 0 aliphatic heterocycles. The maximum absolute atomic E-state index is 12.9. The highest BCUT2D eigenvalue weighted by Gasteiger charge is 2.15. The van der Waals surface area contributed by atoms with Gasteiger partial charge in [-0.3, -0.25) is 9.59 Å². The molecule has 2 N–H and O–H groups in total. The van der Waals surface area contributed by atoms with Crippen molar-refractivity contribution in [1.29, 1.82) is 0 Å². The van der Waals surface area contributed by atoms with E-state index in [1.165, 1.54) is 0 Å². The third-order valence-electron chi connectivity index (χ3n) is 5.14. The first-order valence-corrected chi connectivity index (χ1v) is 10.8. The highest BCUT2D eigenvalue weighted by Crippen LogP contribution is 2.25. The van der Waals surface area contributed by atoms with Gasteiger partial charge in [0.25, 0.3) is 11.8 Å². The predicted octanol–water partition coefficient (Wildman–Crippen LogP) is 6.35. The van der Waals surface area contributed by atoms with Gasteiger partial charge in [-0.05, 0) is 69.5 Å². The summed E-state index contributed by atoms with van der Waals surface area (Å²) in [7, 11) is 0. The Hall–Kier alpha value is -3.44. The van der Waals surface area contributed by atoms with Crippen LogP contribution in [0.4, 0.5) is 5.69 Å². The largest absolute Gasteiger partial charge is 0.345 e. The monoisotopic (exact) mass is 472 g/mol. The molecule has 4 aromatic carbocycles. The molecular weight excluding hydrogens is 452 g/mol. The van der Waals surface area contributed by atoms with E-state index in [4.69, 9.17) is 0 Å². The molecule has 0 saturated carbocycles. The van der Waals surface area contributed by atoms with Crippen LogP contribution in [-0.2, 0) is 0 Å². The van der Waals surface area contributed by atoms with Gasteiger partial charge in [0.2, 0.25) is 0 Å². The first kappa shape index (κ1) is 20.8. The fourth-order valence-corrected chi connectivity index (χ4v) is 4.03. The zero-order chi connectivity index (χ0) is 21.8. The van der Waals surface area contributed by atoms with E-state index in [1.54, 1.807) is 36.4 Å². The Bertz CT molecular complexity index is 1260. The van der Waals surface area contributed by atoms with Crippen LogP contribution in [-0.4, -0.2) is 11.8 Å². The minimum Gasteiger partial charge on any atom is -0.345 e. The molecule has 1 atom stereocenters. The quantitative estimate of drug-likeness (QED) is 0.355. The molecule has 4 aromatic rings. The third kappa shape index (κ3) is 4.67. The second kappa shape index (κ2) is 9.14. The number of benzene rings is 4. The molecule has 0 aliphatic rings. The Balaban J connectivity index is 1.50. The number of rotatable bonds is 5. The van der Waals surface area contributed by atoms with Crippen LogP contribution in [0.25, 0.3) is 10.8 Å². The van der Waals surface area contributed by atoms with Crippen molar-refractivity contribution in [1.82, 2.24) is 5.32 Å². The molecule has 0 spiro atoms. The van der Waals surface area contributed by atoms with Gasteiger partial charge >= 0.3 is 0 Å². The summed E-state index contributed by atoms with van der Waals surface area (Å²) in [5.74, 6) is -0.438. The van der Waals surface area contributed by atoms with Crippen molar-refractivity contribution in [2.24, 2.45) is 0 Å². The van der Waals surface area contributed by atoms with E-state index in [1.807, 2.05) is 43.3 Å². The zero-order valence-electron chi connectivity index (χ0n) is 16.9. The van der Waals surface area contributed by atoms with E-state index in [0.29, 0.717) is 21.3 Å². The van der Waals surface area contributed by atoms with Crippen LogP contribution in [0, 0.1) is 0 Å². The van der Waals surface area contributed by atoms with Gasteiger partial charge in [0.05, 0.1) is 11.6 Å². The Labute approximate surface area is 189 Å². The zero-order valence-corrected chi connectivity index (χ0v) is 18.5. The van der Waals surface area contributed by atoms with Crippen molar-refractivity contribution in [2.45, 2.75) is 13.0 Å². The summed E-state index contributed by atoms with van der Waals surface area (Å²) in [6.45, 7) is 1.97. The number of amides is 2. The standard InChI is InChI=1S/C26H21BrN2O2/c1-17(21-14-7-9-18-8-2-3-12-22(18)21)28-25(30)19-10-6-11-20(16-19)29-26(31)23-13-4-5-15-24(23)27/h2-17H,1H3,(H,28,30)(H,29,31)/t17-/m1/s1. The van der Waals surface area contributed by atoms with Gasteiger partial charge < -0.3 is 10.6 Å². The minimum atomic E-state index is -0.242. The molecule has 0 saturated heterocycles. The van der Waals surface area contributed by atoms with E-state index < -0.39 is 0 Å². The average molecular weight is 473 g/mol. The Morgan fingerprint density at radius 1 is 0.806 bits per heavy atom. The second-order valence-electron chi connectivity index (χ2n) is 7.28. The molecule has 0 heterocycles. The van der Waals surface area contributed by atoms with E-state index in [-0.39, 0.29) is 17.9 Å². The van der Waals surface area contributed by atoms with Crippen molar-refractivity contribution in [2.75, 3.05) is 5.32 Å². The number of nitrogens with one attached hydrogen (secondary N) is 2. The maximum Gasteiger partial charge on any atom is 0.256 e. The Kier molecular flexibility index (Phi) is 6.14. The van der Waals surface area contributed by atoms with Gasteiger partial charge in [-0.2, -0.15) is 0 Å². The fourth-order valence-electron chi connectivity index (χ4n) is 3.57. The summed E-state index contributed by atoms with van der Waals surface area (Å²) in [4.78, 5) is 25.5. The van der Waals surface area contributed by atoms with Crippen molar-refractivity contribution in [3.05, 3.63) is 112 Å². The molecule has 4 nitrogen and oxygen atoms in total. The van der Waals surface area contributed by atoms with Crippen LogP contribution < -0.4 is 10.6 Å². The van der Waals surface area contributed by atoms with Gasteiger partial charge in [-0.1, -0.05) is 60.7 Å². The Morgan fingerprint density at radius 2 is 1.52 bits per heavy atom. The molecule has 0 bridgehead atoms.